The highest BCUT2D eigenvalue weighted by atomic mass is 16.3. The molecule has 16 heavy (non-hydrogen) atoms. The standard InChI is InChI=1S/C14H17NO/c1-2-14(16)12-6-8-13(9-7-12)15-10-4-3-5-11-15/h1,6-9,14,16H,3-5,10-11H2. The molecule has 2 rings (SSSR count). The maximum atomic E-state index is 9.48. The molecule has 0 aliphatic carbocycles. The molecule has 84 valence electrons. The monoisotopic (exact) mass is 215 g/mol. The Kier molecular flexibility index (Phi) is 3.48. The molecule has 1 heterocycles. The van der Waals surface area contributed by atoms with Crippen molar-refractivity contribution in [3.63, 3.8) is 0 Å². The first-order valence-corrected chi connectivity index (χ1v) is 5.80. The van der Waals surface area contributed by atoms with Gasteiger partial charge in [-0.25, -0.2) is 0 Å². The number of nitrogens with zero attached hydrogens (tertiary/aromatic N) is 1. The highest BCUT2D eigenvalue weighted by Crippen LogP contribution is 2.22. The molecule has 0 aromatic heterocycles. The Bertz CT molecular complexity index is 371. The molecule has 1 aliphatic heterocycles. The van der Waals surface area contributed by atoms with E-state index < -0.39 is 6.10 Å². The lowest BCUT2D eigenvalue weighted by Gasteiger charge is -2.28. The van der Waals surface area contributed by atoms with Crippen LogP contribution in [0.3, 0.4) is 0 Å². The number of hydrogen-bond acceptors (Lipinski definition) is 2. The molecule has 0 spiro atoms. The van der Waals surface area contributed by atoms with Crippen LogP contribution in [-0.2, 0) is 0 Å². The van der Waals surface area contributed by atoms with E-state index in [0.717, 1.165) is 18.7 Å². The molecule has 0 saturated carbocycles. The number of aliphatic hydroxyl groups excluding tert-OH is 1. The van der Waals surface area contributed by atoms with Crippen molar-refractivity contribution in [2.75, 3.05) is 18.0 Å². The summed E-state index contributed by atoms with van der Waals surface area (Å²) in [6, 6.07) is 7.91. The van der Waals surface area contributed by atoms with Gasteiger partial charge >= 0.3 is 0 Å². The highest BCUT2D eigenvalue weighted by molar-refractivity contribution is 5.48. The average Bonchev–Trinajstić information content (AvgIpc) is 2.39. The van der Waals surface area contributed by atoms with E-state index in [0.29, 0.717) is 0 Å². The SMILES string of the molecule is C#CC(O)c1ccc(N2CCCCC2)cc1. The maximum Gasteiger partial charge on any atom is 0.139 e. The lowest BCUT2D eigenvalue weighted by Crippen LogP contribution is -2.29. The molecule has 1 atom stereocenters. The molecule has 0 amide bonds. The summed E-state index contributed by atoms with van der Waals surface area (Å²) in [5.74, 6) is 2.32. The molecular formula is C14H17NO. The van der Waals surface area contributed by atoms with Gasteiger partial charge < -0.3 is 10.0 Å². The van der Waals surface area contributed by atoms with Gasteiger partial charge in [0.15, 0.2) is 0 Å². The fourth-order valence-corrected chi connectivity index (χ4v) is 2.12. The molecule has 1 aliphatic rings. The minimum absolute atomic E-state index is 0.782. The van der Waals surface area contributed by atoms with Crippen molar-refractivity contribution >= 4 is 5.69 Å². The minimum atomic E-state index is -0.782. The van der Waals surface area contributed by atoms with Crippen LogP contribution in [0.5, 0.6) is 0 Å². The van der Waals surface area contributed by atoms with Gasteiger partial charge in [-0.15, -0.1) is 6.42 Å². The third-order valence-corrected chi connectivity index (χ3v) is 3.09. The smallest absolute Gasteiger partial charge is 0.139 e. The summed E-state index contributed by atoms with van der Waals surface area (Å²) in [4.78, 5) is 2.38. The van der Waals surface area contributed by atoms with Crippen LogP contribution in [0.1, 0.15) is 30.9 Å². The van der Waals surface area contributed by atoms with E-state index >= 15 is 0 Å². The number of rotatable bonds is 2. The number of hydrogen-bond donors (Lipinski definition) is 1. The van der Waals surface area contributed by atoms with Gasteiger partial charge in [0.2, 0.25) is 0 Å². The summed E-state index contributed by atoms with van der Waals surface area (Å²) in [6.45, 7) is 2.27. The summed E-state index contributed by atoms with van der Waals surface area (Å²) in [5.41, 5.74) is 2.02. The molecule has 1 aromatic carbocycles. The van der Waals surface area contributed by atoms with Gasteiger partial charge in [0.1, 0.15) is 6.10 Å². The van der Waals surface area contributed by atoms with Gasteiger partial charge in [0.05, 0.1) is 0 Å². The average molecular weight is 215 g/mol. The van der Waals surface area contributed by atoms with Crippen molar-refractivity contribution < 1.29 is 5.11 Å². The van der Waals surface area contributed by atoms with E-state index in [1.54, 1.807) is 0 Å². The predicted molar refractivity (Wildman–Crippen MR) is 66.3 cm³/mol. The van der Waals surface area contributed by atoms with Crippen molar-refractivity contribution in [1.29, 1.82) is 0 Å². The van der Waals surface area contributed by atoms with Gasteiger partial charge in [-0.1, -0.05) is 18.1 Å². The van der Waals surface area contributed by atoms with Crippen LogP contribution in [0.4, 0.5) is 5.69 Å². The number of terminal acetylenes is 1. The Morgan fingerprint density at radius 1 is 1.12 bits per heavy atom. The Labute approximate surface area is 96.9 Å². The molecule has 1 unspecified atom stereocenters. The van der Waals surface area contributed by atoms with Crippen LogP contribution in [-0.4, -0.2) is 18.2 Å². The van der Waals surface area contributed by atoms with Gasteiger partial charge in [0.25, 0.3) is 0 Å². The van der Waals surface area contributed by atoms with Crippen molar-refractivity contribution in [2.24, 2.45) is 0 Å². The molecule has 1 fully saturated rings. The molecular weight excluding hydrogens is 198 g/mol. The van der Waals surface area contributed by atoms with Crippen molar-refractivity contribution in [1.82, 2.24) is 0 Å². The first-order chi connectivity index (χ1) is 7.81. The summed E-state index contributed by atoms with van der Waals surface area (Å²) >= 11 is 0. The van der Waals surface area contributed by atoms with Gasteiger partial charge in [-0.05, 0) is 37.0 Å². The van der Waals surface area contributed by atoms with Crippen LogP contribution < -0.4 is 4.90 Å². The van der Waals surface area contributed by atoms with Crippen molar-refractivity contribution in [3.05, 3.63) is 29.8 Å². The van der Waals surface area contributed by atoms with E-state index in [4.69, 9.17) is 6.42 Å². The molecule has 1 aromatic rings. The summed E-state index contributed by atoms with van der Waals surface area (Å²) in [7, 11) is 0. The number of aliphatic hydroxyl groups is 1. The molecule has 2 heteroatoms. The number of benzene rings is 1. The van der Waals surface area contributed by atoms with Crippen molar-refractivity contribution in [3.8, 4) is 12.3 Å². The lowest BCUT2D eigenvalue weighted by molar-refractivity contribution is 0.238. The normalized spacial score (nSPS) is 17.9. The van der Waals surface area contributed by atoms with Crippen LogP contribution in [0.15, 0.2) is 24.3 Å². The largest absolute Gasteiger partial charge is 0.376 e. The third-order valence-electron chi connectivity index (χ3n) is 3.09. The van der Waals surface area contributed by atoms with Crippen LogP contribution in [0.2, 0.25) is 0 Å². The zero-order valence-electron chi connectivity index (χ0n) is 9.39. The molecule has 0 radical (unpaired) electrons. The molecule has 1 saturated heterocycles. The zero-order chi connectivity index (χ0) is 11.4. The maximum absolute atomic E-state index is 9.48. The van der Waals surface area contributed by atoms with Gasteiger partial charge in [-0.2, -0.15) is 0 Å². The second-order valence-corrected chi connectivity index (χ2v) is 4.21. The van der Waals surface area contributed by atoms with Crippen LogP contribution >= 0.6 is 0 Å². The van der Waals surface area contributed by atoms with E-state index in [-0.39, 0.29) is 0 Å². The Morgan fingerprint density at radius 3 is 2.31 bits per heavy atom. The lowest BCUT2D eigenvalue weighted by atomic mass is 10.1. The van der Waals surface area contributed by atoms with Crippen LogP contribution in [0, 0.1) is 12.3 Å². The second-order valence-electron chi connectivity index (χ2n) is 4.21. The number of piperidine rings is 1. The Morgan fingerprint density at radius 2 is 1.75 bits per heavy atom. The topological polar surface area (TPSA) is 23.5 Å². The Balaban J connectivity index is 2.09. The van der Waals surface area contributed by atoms with E-state index in [2.05, 4.69) is 10.8 Å². The summed E-state index contributed by atoms with van der Waals surface area (Å²) < 4.78 is 0. The fourth-order valence-electron chi connectivity index (χ4n) is 2.12. The summed E-state index contributed by atoms with van der Waals surface area (Å²) in [5, 5.41) is 9.48. The van der Waals surface area contributed by atoms with Gasteiger partial charge in [-0.3, -0.25) is 0 Å². The third kappa shape index (κ3) is 2.37. The fraction of sp³-hybridized carbons (Fsp3) is 0.429. The quantitative estimate of drug-likeness (QED) is 0.765. The van der Waals surface area contributed by atoms with Crippen molar-refractivity contribution in [2.45, 2.75) is 25.4 Å². The first-order valence-electron chi connectivity index (χ1n) is 5.80. The summed E-state index contributed by atoms with van der Waals surface area (Å²) in [6.07, 6.45) is 8.28. The number of anilines is 1. The Hall–Kier alpha value is -1.46. The predicted octanol–water partition coefficient (Wildman–Crippen LogP) is 2.34. The molecule has 0 bridgehead atoms. The highest BCUT2D eigenvalue weighted by Gasteiger charge is 2.11. The first kappa shape index (κ1) is 11.0. The van der Waals surface area contributed by atoms with E-state index in [9.17, 15) is 5.11 Å². The zero-order valence-corrected chi connectivity index (χ0v) is 9.39. The minimum Gasteiger partial charge on any atom is -0.376 e. The van der Waals surface area contributed by atoms with E-state index in [1.165, 1.54) is 24.9 Å². The molecule has 2 nitrogen and oxygen atoms in total. The molecule has 1 N–H and O–H groups in total. The van der Waals surface area contributed by atoms with Crippen LogP contribution in [0.25, 0.3) is 0 Å². The second kappa shape index (κ2) is 5.05. The van der Waals surface area contributed by atoms with Gasteiger partial charge in [0, 0.05) is 18.8 Å². The van der Waals surface area contributed by atoms with E-state index in [1.807, 2.05) is 24.3 Å².